The van der Waals surface area contributed by atoms with Gasteiger partial charge in [-0.2, -0.15) is 0 Å². The first-order chi connectivity index (χ1) is 7.15. The summed E-state index contributed by atoms with van der Waals surface area (Å²) in [5.41, 5.74) is 12.6. The summed E-state index contributed by atoms with van der Waals surface area (Å²) in [5, 5.41) is 0. The Morgan fingerprint density at radius 3 is 2.50 bits per heavy atom. The lowest BCUT2D eigenvalue weighted by Gasteiger charge is -2.38. The van der Waals surface area contributed by atoms with Crippen molar-refractivity contribution in [3.05, 3.63) is 23.5 Å². The SMILES string of the molecule is CC(NS(C)(=O)=O)C1(C)CC(N)=CC=C1N. The smallest absolute Gasteiger partial charge is 0.208 e. The fourth-order valence-corrected chi connectivity index (χ4v) is 2.73. The molecule has 0 aliphatic heterocycles. The van der Waals surface area contributed by atoms with Crippen LogP contribution in [-0.2, 0) is 10.0 Å². The van der Waals surface area contributed by atoms with E-state index in [4.69, 9.17) is 11.5 Å². The van der Waals surface area contributed by atoms with E-state index in [2.05, 4.69) is 4.72 Å². The maximum atomic E-state index is 11.2. The molecule has 0 aromatic carbocycles. The van der Waals surface area contributed by atoms with E-state index < -0.39 is 15.4 Å². The molecule has 16 heavy (non-hydrogen) atoms. The van der Waals surface area contributed by atoms with E-state index in [1.807, 2.05) is 6.92 Å². The third kappa shape index (κ3) is 2.76. The molecule has 5 N–H and O–H groups in total. The first kappa shape index (κ1) is 13.1. The van der Waals surface area contributed by atoms with Gasteiger partial charge in [0.25, 0.3) is 0 Å². The molecule has 0 aromatic rings. The fraction of sp³-hybridized carbons (Fsp3) is 0.600. The molecule has 0 aromatic heterocycles. The highest BCUT2D eigenvalue weighted by Gasteiger charge is 2.37. The topological polar surface area (TPSA) is 98.2 Å². The van der Waals surface area contributed by atoms with Gasteiger partial charge in [0.1, 0.15) is 0 Å². The lowest BCUT2D eigenvalue weighted by Crippen LogP contribution is -2.48. The van der Waals surface area contributed by atoms with Crippen LogP contribution >= 0.6 is 0 Å². The van der Waals surface area contributed by atoms with Crippen LogP contribution in [0.3, 0.4) is 0 Å². The molecule has 0 saturated heterocycles. The molecule has 2 unspecified atom stereocenters. The van der Waals surface area contributed by atoms with Gasteiger partial charge < -0.3 is 11.5 Å². The van der Waals surface area contributed by atoms with Crippen molar-refractivity contribution in [2.24, 2.45) is 16.9 Å². The monoisotopic (exact) mass is 245 g/mol. The van der Waals surface area contributed by atoms with E-state index in [1.54, 1.807) is 19.1 Å². The molecule has 1 aliphatic carbocycles. The third-order valence-corrected chi connectivity index (χ3v) is 3.84. The molecule has 0 saturated carbocycles. The van der Waals surface area contributed by atoms with Gasteiger partial charge >= 0.3 is 0 Å². The second kappa shape index (κ2) is 4.10. The van der Waals surface area contributed by atoms with Crippen molar-refractivity contribution < 1.29 is 8.42 Å². The Morgan fingerprint density at radius 2 is 2.00 bits per heavy atom. The van der Waals surface area contributed by atoms with Crippen molar-refractivity contribution in [1.82, 2.24) is 4.72 Å². The van der Waals surface area contributed by atoms with E-state index >= 15 is 0 Å². The lowest BCUT2D eigenvalue weighted by molar-refractivity contribution is 0.299. The molecule has 0 amide bonds. The normalized spacial score (nSPS) is 28.2. The molecular weight excluding hydrogens is 226 g/mol. The van der Waals surface area contributed by atoms with Gasteiger partial charge in [0.2, 0.25) is 10.0 Å². The Labute approximate surface area is 96.6 Å². The molecule has 0 fully saturated rings. The van der Waals surface area contributed by atoms with Crippen LogP contribution in [0.2, 0.25) is 0 Å². The molecule has 5 nitrogen and oxygen atoms in total. The average molecular weight is 245 g/mol. The molecule has 6 heteroatoms. The number of sulfonamides is 1. The summed E-state index contributed by atoms with van der Waals surface area (Å²) in [6, 6.07) is -0.300. The molecular formula is C10H19N3O2S. The van der Waals surface area contributed by atoms with E-state index in [9.17, 15) is 8.42 Å². The van der Waals surface area contributed by atoms with Gasteiger partial charge in [0, 0.05) is 22.9 Å². The van der Waals surface area contributed by atoms with Crippen molar-refractivity contribution in [3.63, 3.8) is 0 Å². The summed E-state index contributed by atoms with van der Waals surface area (Å²) in [7, 11) is -3.24. The summed E-state index contributed by atoms with van der Waals surface area (Å²) < 4.78 is 24.9. The number of allylic oxidation sites excluding steroid dienone is 3. The van der Waals surface area contributed by atoms with E-state index in [0.717, 1.165) is 6.26 Å². The van der Waals surface area contributed by atoms with Gasteiger partial charge in [-0.3, -0.25) is 0 Å². The van der Waals surface area contributed by atoms with Gasteiger partial charge in [-0.05, 0) is 25.5 Å². The predicted molar refractivity (Wildman–Crippen MR) is 64.7 cm³/mol. The van der Waals surface area contributed by atoms with Gasteiger partial charge in [-0.15, -0.1) is 0 Å². The van der Waals surface area contributed by atoms with Crippen LogP contribution < -0.4 is 16.2 Å². The van der Waals surface area contributed by atoms with Crippen molar-refractivity contribution in [1.29, 1.82) is 0 Å². The Kier molecular flexibility index (Phi) is 3.35. The Hall–Kier alpha value is -1.01. The summed E-state index contributed by atoms with van der Waals surface area (Å²) >= 11 is 0. The van der Waals surface area contributed by atoms with Gasteiger partial charge in [-0.25, -0.2) is 13.1 Å². The minimum Gasteiger partial charge on any atom is -0.402 e. The van der Waals surface area contributed by atoms with E-state index in [1.165, 1.54) is 0 Å². The highest BCUT2D eigenvalue weighted by Crippen LogP contribution is 2.36. The first-order valence-electron chi connectivity index (χ1n) is 5.05. The maximum Gasteiger partial charge on any atom is 0.208 e. The number of nitrogens with two attached hydrogens (primary N) is 2. The molecule has 0 heterocycles. The Balaban J connectivity index is 2.95. The second-order valence-electron chi connectivity index (χ2n) is 4.57. The van der Waals surface area contributed by atoms with Crippen molar-refractivity contribution in [2.45, 2.75) is 26.3 Å². The largest absolute Gasteiger partial charge is 0.402 e. The average Bonchev–Trinajstić information content (AvgIpc) is 2.09. The number of rotatable bonds is 3. The maximum absolute atomic E-state index is 11.2. The zero-order valence-corrected chi connectivity index (χ0v) is 10.6. The third-order valence-electron chi connectivity index (χ3n) is 3.05. The molecule has 0 radical (unpaired) electrons. The summed E-state index contributed by atoms with van der Waals surface area (Å²) in [4.78, 5) is 0. The second-order valence-corrected chi connectivity index (χ2v) is 6.35. The van der Waals surface area contributed by atoms with Crippen LogP contribution in [-0.4, -0.2) is 20.7 Å². The molecule has 0 spiro atoms. The minimum absolute atomic E-state index is 0.300. The Bertz CT molecular complexity index is 439. The van der Waals surface area contributed by atoms with E-state index in [0.29, 0.717) is 17.8 Å². The van der Waals surface area contributed by atoms with Crippen molar-refractivity contribution in [3.8, 4) is 0 Å². The van der Waals surface area contributed by atoms with Gasteiger partial charge in [0.15, 0.2) is 0 Å². The standard InChI is InChI=1S/C10H19N3O2S/c1-7(13-16(3,14)15)10(2)6-8(11)4-5-9(10)12/h4-5,7,13H,6,11-12H2,1-3H3. The summed E-state index contributed by atoms with van der Waals surface area (Å²) in [5.74, 6) is 0. The molecule has 2 atom stereocenters. The first-order valence-corrected chi connectivity index (χ1v) is 6.94. The summed E-state index contributed by atoms with van der Waals surface area (Å²) in [6.45, 7) is 3.70. The Morgan fingerprint density at radius 1 is 1.44 bits per heavy atom. The minimum atomic E-state index is -3.24. The molecule has 92 valence electrons. The highest BCUT2D eigenvalue weighted by molar-refractivity contribution is 7.88. The number of hydrogen-bond acceptors (Lipinski definition) is 4. The van der Waals surface area contributed by atoms with Crippen LogP contribution in [0.1, 0.15) is 20.3 Å². The number of nitrogens with one attached hydrogen (secondary N) is 1. The van der Waals surface area contributed by atoms with Crippen molar-refractivity contribution in [2.75, 3.05) is 6.26 Å². The fourth-order valence-electron chi connectivity index (χ4n) is 1.83. The van der Waals surface area contributed by atoms with Crippen LogP contribution in [0.4, 0.5) is 0 Å². The van der Waals surface area contributed by atoms with Crippen molar-refractivity contribution >= 4 is 10.0 Å². The lowest BCUT2D eigenvalue weighted by atomic mass is 9.74. The summed E-state index contributed by atoms with van der Waals surface area (Å²) in [6.07, 6.45) is 5.18. The molecule has 1 rings (SSSR count). The predicted octanol–water partition coefficient (Wildman–Crippen LogP) is 0.0193. The van der Waals surface area contributed by atoms with Crippen LogP contribution in [0.5, 0.6) is 0 Å². The van der Waals surface area contributed by atoms with Crippen LogP contribution in [0.15, 0.2) is 23.5 Å². The van der Waals surface area contributed by atoms with Gasteiger partial charge in [0.05, 0.1) is 6.26 Å². The molecule has 0 bridgehead atoms. The highest BCUT2D eigenvalue weighted by atomic mass is 32.2. The van der Waals surface area contributed by atoms with Gasteiger partial charge in [-0.1, -0.05) is 6.92 Å². The number of hydrogen-bond donors (Lipinski definition) is 3. The zero-order valence-electron chi connectivity index (χ0n) is 9.82. The van der Waals surface area contributed by atoms with Crippen LogP contribution in [0, 0.1) is 5.41 Å². The van der Waals surface area contributed by atoms with E-state index in [-0.39, 0.29) is 6.04 Å². The molecule has 1 aliphatic rings. The zero-order chi connectivity index (χ0) is 12.6. The quantitative estimate of drug-likeness (QED) is 0.652. The van der Waals surface area contributed by atoms with Crippen LogP contribution in [0.25, 0.3) is 0 Å².